The average molecular weight is 449 g/mol. The Kier molecular flexibility index (Phi) is 7.92. The number of carbonyl (C=O) groups is 2. The predicted molar refractivity (Wildman–Crippen MR) is 126 cm³/mol. The van der Waals surface area contributed by atoms with Gasteiger partial charge in [0.1, 0.15) is 0 Å². The van der Waals surface area contributed by atoms with E-state index in [4.69, 9.17) is 16.0 Å². The molecule has 1 aliphatic rings. The summed E-state index contributed by atoms with van der Waals surface area (Å²) in [5.74, 6) is 5.07. The summed E-state index contributed by atoms with van der Waals surface area (Å²) in [5, 5.41) is 0.392. The van der Waals surface area contributed by atoms with E-state index in [9.17, 15) is 9.59 Å². The van der Waals surface area contributed by atoms with Crippen LogP contribution in [0.3, 0.4) is 0 Å². The molecule has 0 unspecified atom stereocenters. The molecule has 0 saturated carbocycles. The van der Waals surface area contributed by atoms with Gasteiger partial charge < -0.3 is 14.2 Å². The van der Waals surface area contributed by atoms with Crippen molar-refractivity contribution in [3.05, 3.63) is 28.3 Å². The number of Topliss-reactive ketones (excluding diaryl/α,β-unsaturated/α-hetero) is 1. The van der Waals surface area contributed by atoms with Crippen LogP contribution in [0.15, 0.2) is 12.1 Å². The van der Waals surface area contributed by atoms with Gasteiger partial charge in [0.2, 0.25) is 0 Å². The van der Waals surface area contributed by atoms with Gasteiger partial charge in [-0.1, -0.05) is 58.1 Å². The fourth-order valence-electron chi connectivity index (χ4n) is 3.02. The molecule has 0 spiro atoms. The van der Waals surface area contributed by atoms with Gasteiger partial charge in [-0.25, -0.2) is 0 Å². The van der Waals surface area contributed by atoms with Crippen LogP contribution in [-0.4, -0.2) is 57.7 Å². The van der Waals surface area contributed by atoms with E-state index < -0.39 is 20.0 Å². The fraction of sp³-hybridized carbons (Fsp3) is 0.565. The van der Waals surface area contributed by atoms with Crippen LogP contribution in [0.25, 0.3) is 0 Å². The number of likely N-dealkylation sites (N-methyl/N-ethyl adjacent to an activating group) is 1. The number of anilines is 1. The summed E-state index contributed by atoms with van der Waals surface area (Å²) >= 11 is 6.36. The highest BCUT2D eigenvalue weighted by atomic mass is 35.5. The Balaban J connectivity index is 2.22. The molecule has 1 heterocycles. The first kappa shape index (κ1) is 24.6. The number of carbonyl (C=O) groups excluding carboxylic acids is 2. The normalized spacial score (nSPS) is 14.2. The number of benzene rings is 1. The second-order valence-electron chi connectivity index (χ2n) is 9.02. The summed E-state index contributed by atoms with van der Waals surface area (Å²) in [6, 6.07) is 3.43. The molecule has 0 aromatic heterocycles. The largest absolute Gasteiger partial charge is 0.406 e. The SMILES string of the molecule is CCN(CC)CCN1C(=O)C(=O)c2c(Cl)cc(C#CCO[Si](C)(C)C(C)(C)C)cc21. The molecule has 0 saturated heterocycles. The van der Waals surface area contributed by atoms with Crippen LogP contribution >= 0.6 is 11.6 Å². The van der Waals surface area contributed by atoms with Crippen LogP contribution in [0, 0.1) is 11.8 Å². The number of nitrogens with zero attached hydrogens (tertiary/aromatic N) is 2. The summed E-state index contributed by atoms with van der Waals surface area (Å²) in [5.41, 5.74) is 1.51. The predicted octanol–water partition coefficient (Wildman–Crippen LogP) is 4.58. The third kappa shape index (κ3) is 5.33. The maximum atomic E-state index is 12.5. The minimum Gasteiger partial charge on any atom is -0.406 e. The molecule has 0 fully saturated rings. The van der Waals surface area contributed by atoms with E-state index in [1.807, 2.05) is 0 Å². The molecule has 164 valence electrons. The zero-order valence-corrected chi connectivity index (χ0v) is 20.9. The Bertz CT molecular complexity index is 877. The van der Waals surface area contributed by atoms with Gasteiger partial charge in [0.05, 0.1) is 22.9 Å². The number of halogens is 1. The second kappa shape index (κ2) is 9.65. The Labute approximate surface area is 186 Å². The number of fused-ring (bicyclic) bond motifs is 1. The first-order valence-electron chi connectivity index (χ1n) is 10.5. The topological polar surface area (TPSA) is 49.9 Å². The van der Waals surface area contributed by atoms with Gasteiger partial charge in [0.25, 0.3) is 11.7 Å². The van der Waals surface area contributed by atoms with E-state index in [2.05, 4.69) is 64.5 Å². The first-order chi connectivity index (χ1) is 13.9. The summed E-state index contributed by atoms with van der Waals surface area (Å²) < 4.78 is 6.09. The van der Waals surface area contributed by atoms with Crippen molar-refractivity contribution in [3.8, 4) is 11.8 Å². The lowest BCUT2D eigenvalue weighted by atomic mass is 10.1. The third-order valence-electron chi connectivity index (χ3n) is 6.11. The first-order valence-corrected chi connectivity index (χ1v) is 13.8. The Hall–Kier alpha value is -1.65. The average Bonchev–Trinajstić information content (AvgIpc) is 2.90. The highest BCUT2D eigenvalue weighted by Gasteiger charge is 2.38. The lowest BCUT2D eigenvalue weighted by Gasteiger charge is -2.35. The van der Waals surface area contributed by atoms with E-state index in [0.717, 1.165) is 13.1 Å². The number of hydrogen-bond donors (Lipinski definition) is 0. The maximum absolute atomic E-state index is 12.5. The van der Waals surface area contributed by atoms with E-state index in [1.165, 1.54) is 4.90 Å². The minimum atomic E-state index is -1.86. The number of hydrogen-bond acceptors (Lipinski definition) is 4. The standard InChI is InChI=1S/C23H33ClN2O3Si/c1-8-25(9-2)12-13-26-19-16-17(15-18(24)20(19)21(27)22(26)28)11-10-14-29-30(6,7)23(3,4)5/h15-16H,8-9,12-14H2,1-7H3. The molecule has 2 rings (SSSR count). The van der Waals surface area contributed by atoms with Gasteiger partial charge in [-0.05, 0) is 43.4 Å². The Morgan fingerprint density at radius 3 is 2.37 bits per heavy atom. The van der Waals surface area contributed by atoms with E-state index in [0.29, 0.717) is 30.9 Å². The van der Waals surface area contributed by atoms with Gasteiger partial charge >= 0.3 is 0 Å². The fourth-order valence-corrected chi connectivity index (χ4v) is 4.18. The smallest absolute Gasteiger partial charge is 0.299 e. The van der Waals surface area contributed by atoms with Gasteiger partial charge in [-0.15, -0.1) is 0 Å². The molecule has 0 radical (unpaired) electrons. The van der Waals surface area contributed by atoms with Gasteiger partial charge in [-0.2, -0.15) is 0 Å². The second-order valence-corrected chi connectivity index (χ2v) is 14.2. The molecule has 0 N–H and O–H groups in total. The summed E-state index contributed by atoms with van der Waals surface area (Å²) in [4.78, 5) is 28.7. The zero-order chi connectivity index (χ0) is 22.7. The van der Waals surface area contributed by atoms with Crippen molar-refractivity contribution < 1.29 is 14.0 Å². The van der Waals surface area contributed by atoms with Crippen molar-refractivity contribution in [2.24, 2.45) is 0 Å². The highest BCUT2D eigenvalue weighted by molar-refractivity contribution is 6.74. The molecule has 0 aliphatic carbocycles. The van der Waals surface area contributed by atoms with Crippen molar-refractivity contribution in [2.75, 3.05) is 37.7 Å². The molecular formula is C23H33ClN2O3Si. The van der Waals surface area contributed by atoms with Gasteiger partial charge in [0, 0.05) is 18.7 Å². The molecule has 30 heavy (non-hydrogen) atoms. The molecule has 1 aromatic carbocycles. The summed E-state index contributed by atoms with van der Waals surface area (Å²) in [6.07, 6.45) is 0. The lowest BCUT2D eigenvalue weighted by molar-refractivity contribution is -0.114. The Morgan fingerprint density at radius 1 is 1.17 bits per heavy atom. The molecule has 1 aliphatic heterocycles. The van der Waals surface area contributed by atoms with Crippen LogP contribution in [0.1, 0.15) is 50.5 Å². The van der Waals surface area contributed by atoms with Crippen LogP contribution < -0.4 is 4.90 Å². The molecular weight excluding hydrogens is 416 g/mol. The number of amides is 1. The van der Waals surface area contributed by atoms with E-state index in [1.54, 1.807) is 12.1 Å². The van der Waals surface area contributed by atoms with Crippen LogP contribution in [0.4, 0.5) is 5.69 Å². The number of rotatable bonds is 7. The molecule has 5 nitrogen and oxygen atoms in total. The van der Waals surface area contributed by atoms with Crippen LogP contribution in [-0.2, 0) is 9.22 Å². The lowest BCUT2D eigenvalue weighted by Crippen LogP contribution is -2.40. The molecule has 7 heteroatoms. The van der Waals surface area contributed by atoms with Gasteiger partial charge in [-0.3, -0.25) is 9.59 Å². The van der Waals surface area contributed by atoms with Crippen LogP contribution in [0.5, 0.6) is 0 Å². The van der Waals surface area contributed by atoms with Crippen molar-refractivity contribution in [3.63, 3.8) is 0 Å². The van der Waals surface area contributed by atoms with Crippen molar-refractivity contribution in [1.29, 1.82) is 0 Å². The quantitative estimate of drug-likeness (QED) is 0.348. The van der Waals surface area contributed by atoms with E-state index >= 15 is 0 Å². The molecule has 1 amide bonds. The highest BCUT2D eigenvalue weighted by Crippen LogP contribution is 2.37. The maximum Gasteiger partial charge on any atom is 0.299 e. The van der Waals surface area contributed by atoms with Crippen molar-refractivity contribution in [1.82, 2.24) is 4.90 Å². The minimum absolute atomic E-state index is 0.123. The Morgan fingerprint density at radius 2 is 1.80 bits per heavy atom. The van der Waals surface area contributed by atoms with Crippen molar-refractivity contribution in [2.45, 2.75) is 52.8 Å². The zero-order valence-electron chi connectivity index (χ0n) is 19.2. The van der Waals surface area contributed by atoms with Gasteiger partial charge in [0.15, 0.2) is 8.32 Å². The summed E-state index contributed by atoms with van der Waals surface area (Å²) in [6.45, 7) is 18.3. The summed E-state index contributed by atoms with van der Waals surface area (Å²) in [7, 11) is -1.86. The van der Waals surface area contributed by atoms with Crippen molar-refractivity contribution >= 4 is 37.3 Å². The molecule has 1 aromatic rings. The molecule has 0 atom stereocenters. The number of ketones is 1. The third-order valence-corrected chi connectivity index (χ3v) is 10.9. The molecule has 0 bridgehead atoms. The van der Waals surface area contributed by atoms with E-state index in [-0.39, 0.29) is 15.6 Å². The van der Waals surface area contributed by atoms with Crippen LogP contribution in [0.2, 0.25) is 23.2 Å². The monoisotopic (exact) mass is 448 g/mol.